The SMILES string of the molecule is COC1O[C@@H](C[C@@H](CO)O[Si](C)(C)C(C)(C)C)[C@H](C)[C@H](O[Si](C)(C)C(C)(C)C)[C@H]1C. The Morgan fingerprint density at radius 3 is 1.80 bits per heavy atom. The van der Waals surface area contributed by atoms with Gasteiger partial charge in [0.2, 0.25) is 0 Å². The van der Waals surface area contributed by atoms with Gasteiger partial charge < -0.3 is 23.4 Å². The van der Waals surface area contributed by atoms with E-state index in [1.54, 1.807) is 7.11 Å². The maximum Gasteiger partial charge on any atom is 0.192 e. The summed E-state index contributed by atoms with van der Waals surface area (Å²) in [7, 11) is -2.23. The molecule has 1 aliphatic heterocycles. The van der Waals surface area contributed by atoms with Crippen LogP contribution in [0.15, 0.2) is 0 Å². The van der Waals surface area contributed by atoms with Crippen LogP contribution in [0.4, 0.5) is 0 Å². The van der Waals surface area contributed by atoms with E-state index in [9.17, 15) is 5.11 Å². The van der Waals surface area contributed by atoms with Crippen LogP contribution < -0.4 is 0 Å². The lowest BCUT2D eigenvalue weighted by molar-refractivity contribution is -0.254. The van der Waals surface area contributed by atoms with E-state index in [0.717, 1.165) is 0 Å². The zero-order valence-electron chi connectivity index (χ0n) is 22.0. The predicted molar refractivity (Wildman–Crippen MR) is 130 cm³/mol. The van der Waals surface area contributed by atoms with Crippen molar-refractivity contribution in [3.63, 3.8) is 0 Å². The van der Waals surface area contributed by atoms with Crippen LogP contribution in [0.1, 0.15) is 61.8 Å². The molecule has 1 N–H and O–H groups in total. The molecule has 1 aliphatic rings. The number of hydrogen-bond acceptors (Lipinski definition) is 5. The zero-order valence-corrected chi connectivity index (χ0v) is 24.0. The number of aliphatic hydroxyl groups excluding tert-OH is 1. The van der Waals surface area contributed by atoms with Crippen LogP contribution in [-0.2, 0) is 18.3 Å². The third-order valence-electron chi connectivity index (χ3n) is 7.80. The third kappa shape index (κ3) is 6.62. The molecule has 1 fully saturated rings. The van der Waals surface area contributed by atoms with Crippen molar-refractivity contribution in [2.45, 2.75) is 123 Å². The van der Waals surface area contributed by atoms with Crippen LogP contribution in [0.5, 0.6) is 0 Å². The number of hydrogen-bond donors (Lipinski definition) is 1. The highest BCUT2D eigenvalue weighted by molar-refractivity contribution is 6.74. The fourth-order valence-corrected chi connectivity index (χ4v) is 6.37. The van der Waals surface area contributed by atoms with Gasteiger partial charge in [-0.3, -0.25) is 0 Å². The van der Waals surface area contributed by atoms with Gasteiger partial charge in [0.25, 0.3) is 0 Å². The van der Waals surface area contributed by atoms with E-state index in [4.69, 9.17) is 18.3 Å². The molecule has 5 nitrogen and oxygen atoms in total. The molecule has 0 amide bonds. The summed E-state index contributed by atoms with van der Waals surface area (Å²) < 4.78 is 25.5. The van der Waals surface area contributed by atoms with E-state index < -0.39 is 16.6 Å². The third-order valence-corrected chi connectivity index (χ3v) is 16.8. The Balaban J connectivity index is 3.06. The van der Waals surface area contributed by atoms with E-state index in [0.29, 0.717) is 6.42 Å². The molecule has 1 rings (SSSR count). The molecule has 0 aromatic rings. The summed E-state index contributed by atoms with van der Waals surface area (Å²) in [5.41, 5.74) is 0. The lowest BCUT2D eigenvalue weighted by Gasteiger charge is -2.49. The van der Waals surface area contributed by atoms with E-state index in [1.807, 2.05) is 0 Å². The van der Waals surface area contributed by atoms with Gasteiger partial charge in [-0.05, 0) is 36.3 Å². The van der Waals surface area contributed by atoms with Gasteiger partial charge in [-0.15, -0.1) is 0 Å². The molecule has 7 heteroatoms. The largest absolute Gasteiger partial charge is 0.413 e. The van der Waals surface area contributed by atoms with Gasteiger partial charge in [-0.2, -0.15) is 0 Å². The minimum atomic E-state index is -1.99. The average molecular weight is 463 g/mol. The van der Waals surface area contributed by atoms with E-state index in [1.165, 1.54) is 0 Å². The molecular formula is C23H50O5Si2. The maximum atomic E-state index is 10.1. The summed E-state index contributed by atoms with van der Waals surface area (Å²) in [6.45, 7) is 26.9. The molecule has 1 unspecified atom stereocenters. The van der Waals surface area contributed by atoms with Crippen LogP contribution in [-0.4, -0.2) is 60.1 Å². The minimum Gasteiger partial charge on any atom is -0.413 e. The quantitative estimate of drug-likeness (QED) is 0.462. The first kappa shape index (κ1) is 28.3. The van der Waals surface area contributed by atoms with Gasteiger partial charge in [0.05, 0.1) is 24.9 Å². The van der Waals surface area contributed by atoms with Gasteiger partial charge in [0, 0.05) is 25.4 Å². The Hall–Kier alpha value is 0.234. The summed E-state index contributed by atoms with van der Waals surface area (Å²) in [6.07, 6.45) is 0.0734. The molecular weight excluding hydrogens is 412 g/mol. The smallest absolute Gasteiger partial charge is 0.192 e. The molecule has 6 atom stereocenters. The summed E-state index contributed by atoms with van der Waals surface area (Å²) in [5, 5.41) is 10.3. The Labute approximate surface area is 188 Å². The van der Waals surface area contributed by atoms with Gasteiger partial charge in [-0.25, -0.2) is 0 Å². The van der Waals surface area contributed by atoms with Crippen LogP contribution in [0.25, 0.3) is 0 Å². The van der Waals surface area contributed by atoms with Crippen molar-refractivity contribution in [2.75, 3.05) is 13.7 Å². The van der Waals surface area contributed by atoms with E-state index in [2.05, 4.69) is 81.6 Å². The Morgan fingerprint density at radius 2 is 1.40 bits per heavy atom. The standard InChI is InChI=1S/C23H50O5Si2/c1-16-19(14-18(15-24)27-29(10,11)22(3,4)5)26-21(25-9)17(2)20(16)28-30(12,13)23(6,7)8/h16-21,24H,14-15H2,1-13H3/t16-,17+,18-,19-,20-,21?/m0/s1. The molecule has 0 radical (unpaired) electrons. The molecule has 1 heterocycles. The van der Waals surface area contributed by atoms with Crippen LogP contribution in [0.2, 0.25) is 36.3 Å². The molecule has 1 saturated heterocycles. The summed E-state index contributed by atoms with van der Waals surface area (Å²) >= 11 is 0. The lowest BCUT2D eigenvalue weighted by atomic mass is 9.84. The van der Waals surface area contributed by atoms with Crippen molar-refractivity contribution < 1.29 is 23.4 Å². The first-order valence-electron chi connectivity index (χ1n) is 11.5. The molecule has 0 bridgehead atoms. The van der Waals surface area contributed by atoms with E-state index >= 15 is 0 Å². The van der Waals surface area contributed by atoms with Crippen molar-refractivity contribution in [2.24, 2.45) is 11.8 Å². The van der Waals surface area contributed by atoms with E-state index in [-0.39, 0.29) is 53.1 Å². The average Bonchev–Trinajstić information content (AvgIpc) is 2.58. The molecule has 30 heavy (non-hydrogen) atoms. The molecule has 0 aliphatic carbocycles. The van der Waals surface area contributed by atoms with Crippen LogP contribution in [0.3, 0.4) is 0 Å². The Morgan fingerprint density at radius 1 is 0.900 bits per heavy atom. The fraction of sp³-hybridized carbons (Fsp3) is 1.00. The van der Waals surface area contributed by atoms with Crippen molar-refractivity contribution >= 4 is 16.6 Å². The van der Waals surface area contributed by atoms with Gasteiger partial charge in [0.15, 0.2) is 22.9 Å². The van der Waals surface area contributed by atoms with Crippen molar-refractivity contribution in [3.8, 4) is 0 Å². The molecule has 0 saturated carbocycles. The number of ether oxygens (including phenoxy) is 2. The minimum absolute atomic E-state index is 0.0000500. The van der Waals surface area contributed by atoms with Crippen LogP contribution in [0, 0.1) is 11.8 Å². The monoisotopic (exact) mass is 462 g/mol. The number of aliphatic hydroxyl groups is 1. The number of rotatable bonds is 8. The molecule has 0 aromatic carbocycles. The number of methoxy groups -OCH3 is 1. The Bertz CT molecular complexity index is 539. The second-order valence-corrected chi connectivity index (χ2v) is 21.8. The second-order valence-electron chi connectivity index (χ2n) is 12.3. The molecule has 0 aromatic heterocycles. The van der Waals surface area contributed by atoms with Crippen molar-refractivity contribution in [3.05, 3.63) is 0 Å². The summed E-state index contributed by atoms with van der Waals surface area (Å²) in [6, 6.07) is 0. The first-order chi connectivity index (χ1) is 13.4. The second kappa shape index (κ2) is 10.0. The Kier molecular flexibility index (Phi) is 9.44. The first-order valence-corrected chi connectivity index (χ1v) is 17.3. The highest BCUT2D eigenvalue weighted by Gasteiger charge is 2.48. The topological polar surface area (TPSA) is 57.2 Å². The fourth-order valence-electron chi connectivity index (χ4n) is 3.55. The van der Waals surface area contributed by atoms with Crippen molar-refractivity contribution in [1.29, 1.82) is 0 Å². The van der Waals surface area contributed by atoms with Gasteiger partial charge >= 0.3 is 0 Å². The lowest BCUT2D eigenvalue weighted by Crippen LogP contribution is -2.56. The molecule has 180 valence electrons. The van der Waals surface area contributed by atoms with Gasteiger partial charge in [0.1, 0.15) is 0 Å². The highest BCUT2D eigenvalue weighted by Crippen LogP contribution is 2.43. The van der Waals surface area contributed by atoms with Crippen LogP contribution >= 0.6 is 0 Å². The highest BCUT2D eigenvalue weighted by atomic mass is 28.4. The summed E-state index contributed by atoms with van der Waals surface area (Å²) in [5.74, 6) is 0.335. The van der Waals surface area contributed by atoms with Gasteiger partial charge in [-0.1, -0.05) is 55.4 Å². The van der Waals surface area contributed by atoms with Crippen molar-refractivity contribution in [1.82, 2.24) is 0 Å². The zero-order chi connectivity index (χ0) is 23.7. The predicted octanol–water partition coefficient (Wildman–Crippen LogP) is 5.79. The normalized spacial score (nSPS) is 30.4. The summed E-state index contributed by atoms with van der Waals surface area (Å²) in [4.78, 5) is 0. The molecule has 0 spiro atoms. The maximum absolute atomic E-state index is 10.1.